The third-order valence-electron chi connectivity index (χ3n) is 4.19. The molecule has 6 heteroatoms. The second-order valence-corrected chi connectivity index (χ2v) is 6.18. The molecule has 5 nitrogen and oxygen atoms in total. The Morgan fingerprint density at radius 1 is 1.08 bits per heavy atom. The molecule has 1 aromatic rings. The molecular formula is C19H31ClN2O3. The SMILES string of the molecule is CCCOc1ccc(OCC(=O)N(CCC)C2CCNCC2)cc1.Cl. The molecule has 142 valence electrons. The third-order valence-corrected chi connectivity index (χ3v) is 4.19. The summed E-state index contributed by atoms with van der Waals surface area (Å²) >= 11 is 0. The Morgan fingerprint density at radius 3 is 2.24 bits per heavy atom. The van der Waals surface area contributed by atoms with Crippen molar-refractivity contribution in [3.8, 4) is 11.5 Å². The van der Waals surface area contributed by atoms with Crippen molar-refractivity contribution in [3.05, 3.63) is 24.3 Å². The van der Waals surface area contributed by atoms with E-state index < -0.39 is 0 Å². The highest BCUT2D eigenvalue weighted by Gasteiger charge is 2.24. The van der Waals surface area contributed by atoms with Crippen molar-refractivity contribution in [1.29, 1.82) is 0 Å². The van der Waals surface area contributed by atoms with Crippen LogP contribution in [0.2, 0.25) is 0 Å². The summed E-state index contributed by atoms with van der Waals surface area (Å²) in [5.74, 6) is 1.61. The first-order valence-electron chi connectivity index (χ1n) is 9.10. The predicted molar refractivity (Wildman–Crippen MR) is 103 cm³/mol. The summed E-state index contributed by atoms with van der Waals surface area (Å²) in [5.41, 5.74) is 0. The number of piperidine rings is 1. The summed E-state index contributed by atoms with van der Waals surface area (Å²) in [6.07, 6.45) is 4.00. The minimum atomic E-state index is 0. The summed E-state index contributed by atoms with van der Waals surface area (Å²) in [6.45, 7) is 7.76. The minimum Gasteiger partial charge on any atom is -0.494 e. The van der Waals surface area contributed by atoms with Gasteiger partial charge < -0.3 is 19.7 Å². The van der Waals surface area contributed by atoms with Crippen LogP contribution in [0.4, 0.5) is 0 Å². The molecule has 0 spiro atoms. The number of benzene rings is 1. The summed E-state index contributed by atoms with van der Waals surface area (Å²) < 4.78 is 11.2. The van der Waals surface area contributed by atoms with Gasteiger partial charge in [0, 0.05) is 12.6 Å². The zero-order valence-electron chi connectivity index (χ0n) is 15.3. The number of hydrogen-bond acceptors (Lipinski definition) is 4. The molecule has 1 heterocycles. The van der Waals surface area contributed by atoms with Gasteiger partial charge in [-0.05, 0) is 63.0 Å². The highest BCUT2D eigenvalue weighted by Crippen LogP contribution is 2.18. The molecule has 1 saturated heterocycles. The monoisotopic (exact) mass is 370 g/mol. The fourth-order valence-electron chi connectivity index (χ4n) is 2.95. The number of carbonyl (C=O) groups excluding carboxylic acids is 1. The van der Waals surface area contributed by atoms with Gasteiger partial charge in [-0.1, -0.05) is 13.8 Å². The van der Waals surface area contributed by atoms with Crippen LogP contribution in [0, 0.1) is 0 Å². The average molecular weight is 371 g/mol. The Hall–Kier alpha value is -1.46. The smallest absolute Gasteiger partial charge is 0.260 e. The summed E-state index contributed by atoms with van der Waals surface area (Å²) in [5, 5.41) is 3.35. The molecule has 0 radical (unpaired) electrons. The molecule has 25 heavy (non-hydrogen) atoms. The van der Waals surface area contributed by atoms with E-state index in [1.807, 2.05) is 29.2 Å². The lowest BCUT2D eigenvalue weighted by Gasteiger charge is -2.34. The van der Waals surface area contributed by atoms with Crippen LogP contribution in [0.1, 0.15) is 39.5 Å². The summed E-state index contributed by atoms with van der Waals surface area (Å²) in [4.78, 5) is 14.6. The van der Waals surface area contributed by atoms with Gasteiger partial charge >= 0.3 is 0 Å². The average Bonchev–Trinajstić information content (AvgIpc) is 2.64. The van der Waals surface area contributed by atoms with Crippen LogP contribution in [-0.2, 0) is 4.79 Å². The molecule has 1 N–H and O–H groups in total. The lowest BCUT2D eigenvalue weighted by Crippen LogP contribution is -2.48. The maximum Gasteiger partial charge on any atom is 0.260 e. The van der Waals surface area contributed by atoms with E-state index in [2.05, 4.69) is 19.2 Å². The van der Waals surface area contributed by atoms with E-state index in [0.29, 0.717) is 18.4 Å². The zero-order chi connectivity index (χ0) is 17.2. The Kier molecular flexibility index (Phi) is 10.3. The summed E-state index contributed by atoms with van der Waals surface area (Å²) in [7, 11) is 0. The van der Waals surface area contributed by atoms with E-state index in [-0.39, 0.29) is 24.9 Å². The van der Waals surface area contributed by atoms with Gasteiger partial charge in [0.05, 0.1) is 6.61 Å². The van der Waals surface area contributed by atoms with E-state index in [1.165, 1.54) is 0 Å². The number of ether oxygens (including phenoxy) is 2. The third kappa shape index (κ3) is 7.12. The van der Waals surface area contributed by atoms with Gasteiger partial charge in [0.2, 0.25) is 0 Å². The lowest BCUT2D eigenvalue weighted by molar-refractivity contribution is -0.136. The number of carbonyl (C=O) groups is 1. The first-order valence-corrected chi connectivity index (χ1v) is 9.10. The van der Waals surface area contributed by atoms with Crippen molar-refractivity contribution < 1.29 is 14.3 Å². The molecule has 0 aliphatic carbocycles. The molecule has 0 saturated carbocycles. The largest absolute Gasteiger partial charge is 0.494 e. The molecule has 0 aromatic heterocycles. The molecule has 0 bridgehead atoms. The van der Waals surface area contributed by atoms with Gasteiger partial charge in [-0.3, -0.25) is 4.79 Å². The Bertz CT molecular complexity index is 490. The van der Waals surface area contributed by atoms with Crippen molar-refractivity contribution in [1.82, 2.24) is 10.2 Å². The number of halogens is 1. The maximum absolute atomic E-state index is 12.6. The molecule has 0 unspecified atom stereocenters. The lowest BCUT2D eigenvalue weighted by atomic mass is 10.0. The molecule has 1 aromatic carbocycles. The molecule has 0 atom stereocenters. The molecule has 1 fully saturated rings. The van der Waals surface area contributed by atoms with E-state index in [0.717, 1.165) is 51.1 Å². The number of rotatable bonds is 9. The molecule has 1 aliphatic heterocycles. The second-order valence-electron chi connectivity index (χ2n) is 6.18. The fourth-order valence-corrected chi connectivity index (χ4v) is 2.95. The molecule has 2 rings (SSSR count). The predicted octanol–water partition coefficient (Wildman–Crippen LogP) is 3.27. The number of amides is 1. The second kappa shape index (κ2) is 12.0. The van der Waals surface area contributed by atoms with Gasteiger partial charge in [0.15, 0.2) is 6.61 Å². The van der Waals surface area contributed by atoms with Crippen LogP contribution in [0.3, 0.4) is 0 Å². The number of hydrogen-bond donors (Lipinski definition) is 1. The Morgan fingerprint density at radius 2 is 1.68 bits per heavy atom. The highest BCUT2D eigenvalue weighted by molar-refractivity contribution is 5.85. The van der Waals surface area contributed by atoms with E-state index in [1.54, 1.807) is 0 Å². The van der Waals surface area contributed by atoms with Crippen LogP contribution in [0.5, 0.6) is 11.5 Å². The van der Waals surface area contributed by atoms with Crippen molar-refractivity contribution >= 4 is 18.3 Å². The van der Waals surface area contributed by atoms with Crippen molar-refractivity contribution in [3.63, 3.8) is 0 Å². The van der Waals surface area contributed by atoms with Gasteiger partial charge in [-0.15, -0.1) is 12.4 Å². The molecule has 1 aliphatic rings. The fraction of sp³-hybridized carbons (Fsp3) is 0.632. The van der Waals surface area contributed by atoms with Crippen LogP contribution >= 0.6 is 12.4 Å². The van der Waals surface area contributed by atoms with E-state index >= 15 is 0 Å². The quantitative estimate of drug-likeness (QED) is 0.724. The van der Waals surface area contributed by atoms with Gasteiger partial charge in [0.1, 0.15) is 11.5 Å². The standard InChI is InChI=1S/C19H30N2O3.ClH/c1-3-13-21(16-9-11-20-12-10-16)19(22)15-24-18-7-5-17(6-8-18)23-14-4-2;/h5-8,16,20H,3-4,9-15H2,1-2H3;1H. The van der Waals surface area contributed by atoms with Gasteiger partial charge in [-0.25, -0.2) is 0 Å². The van der Waals surface area contributed by atoms with Crippen LogP contribution in [-0.4, -0.2) is 49.7 Å². The van der Waals surface area contributed by atoms with E-state index in [4.69, 9.17) is 9.47 Å². The topological polar surface area (TPSA) is 50.8 Å². The number of nitrogens with zero attached hydrogens (tertiary/aromatic N) is 1. The number of nitrogens with one attached hydrogen (secondary N) is 1. The maximum atomic E-state index is 12.6. The van der Waals surface area contributed by atoms with Crippen LogP contribution in [0.25, 0.3) is 0 Å². The molecule has 1 amide bonds. The van der Waals surface area contributed by atoms with Crippen LogP contribution < -0.4 is 14.8 Å². The minimum absolute atomic E-state index is 0. The van der Waals surface area contributed by atoms with Gasteiger partial charge in [0.25, 0.3) is 5.91 Å². The zero-order valence-corrected chi connectivity index (χ0v) is 16.1. The normalized spacial score (nSPS) is 14.5. The molecular weight excluding hydrogens is 340 g/mol. The Labute approximate surface area is 157 Å². The van der Waals surface area contributed by atoms with Crippen molar-refractivity contribution in [2.75, 3.05) is 32.8 Å². The van der Waals surface area contributed by atoms with E-state index in [9.17, 15) is 4.79 Å². The van der Waals surface area contributed by atoms with Crippen molar-refractivity contribution in [2.45, 2.75) is 45.6 Å². The van der Waals surface area contributed by atoms with Gasteiger partial charge in [-0.2, -0.15) is 0 Å². The first-order chi connectivity index (χ1) is 11.7. The van der Waals surface area contributed by atoms with Crippen molar-refractivity contribution in [2.24, 2.45) is 0 Å². The Balaban J connectivity index is 0.00000312. The summed E-state index contributed by atoms with van der Waals surface area (Å²) in [6, 6.07) is 7.81. The highest BCUT2D eigenvalue weighted by atomic mass is 35.5. The van der Waals surface area contributed by atoms with Crippen LogP contribution in [0.15, 0.2) is 24.3 Å². The first kappa shape index (κ1) is 21.6.